The largest absolute Gasteiger partial charge is 0.444 e. The molecule has 0 saturated heterocycles. The summed E-state index contributed by atoms with van der Waals surface area (Å²) in [6.07, 6.45) is 0.944. The van der Waals surface area contributed by atoms with Crippen molar-refractivity contribution < 1.29 is 19.1 Å². The first kappa shape index (κ1) is 31.2. The van der Waals surface area contributed by atoms with Crippen molar-refractivity contribution in [1.82, 2.24) is 15.5 Å². The van der Waals surface area contributed by atoms with Gasteiger partial charge in [-0.05, 0) is 56.2 Å². The van der Waals surface area contributed by atoms with Gasteiger partial charge in [-0.15, -0.1) is 0 Å². The molecule has 2 aromatic rings. The van der Waals surface area contributed by atoms with E-state index >= 15 is 0 Å². The maximum Gasteiger partial charge on any atom is 0.407 e. The molecule has 0 radical (unpaired) electrons. The Morgan fingerprint density at radius 1 is 0.947 bits per heavy atom. The molecular formula is C30H43N3O4S. The Balaban J connectivity index is 2.05. The van der Waals surface area contributed by atoms with Crippen LogP contribution in [0.5, 0.6) is 0 Å². The Kier molecular flexibility index (Phi) is 12.7. The van der Waals surface area contributed by atoms with E-state index in [1.165, 1.54) is 18.7 Å². The number of rotatable bonds is 12. The van der Waals surface area contributed by atoms with Crippen LogP contribution in [0.2, 0.25) is 0 Å². The first-order valence-corrected chi connectivity index (χ1v) is 14.2. The Hall–Kier alpha value is -3.00. The van der Waals surface area contributed by atoms with E-state index in [1.54, 1.807) is 4.90 Å². The molecule has 8 heteroatoms. The third kappa shape index (κ3) is 12.5. The Bertz CT molecular complexity index is 1020. The summed E-state index contributed by atoms with van der Waals surface area (Å²) in [5.41, 5.74) is 2.78. The van der Waals surface area contributed by atoms with E-state index in [4.69, 9.17) is 4.74 Å². The molecule has 7 nitrogen and oxygen atoms in total. The monoisotopic (exact) mass is 541 g/mol. The second-order valence-corrected chi connectivity index (χ2v) is 12.0. The fourth-order valence-electron chi connectivity index (χ4n) is 3.72. The van der Waals surface area contributed by atoms with Crippen molar-refractivity contribution in [2.24, 2.45) is 5.92 Å². The van der Waals surface area contributed by atoms with E-state index < -0.39 is 11.7 Å². The fourth-order valence-corrected chi connectivity index (χ4v) is 4.36. The van der Waals surface area contributed by atoms with Gasteiger partial charge in [0.15, 0.2) is 5.12 Å². The number of benzene rings is 2. The van der Waals surface area contributed by atoms with Crippen molar-refractivity contribution in [3.05, 3.63) is 60.2 Å². The summed E-state index contributed by atoms with van der Waals surface area (Å²) in [7, 11) is 0. The summed E-state index contributed by atoms with van der Waals surface area (Å²) in [6, 6.07) is 18.1. The molecule has 2 aromatic carbocycles. The maximum absolute atomic E-state index is 13.3. The third-order valence-corrected chi connectivity index (χ3v) is 6.65. The zero-order chi connectivity index (χ0) is 28.1. The number of amides is 3. The number of ether oxygens (including phenoxy) is 1. The lowest BCUT2D eigenvalue weighted by Gasteiger charge is -2.27. The molecule has 0 aromatic heterocycles. The average Bonchev–Trinajstić information content (AvgIpc) is 2.84. The Labute approximate surface area is 232 Å². The molecule has 0 fully saturated rings. The molecule has 2 N–H and O–H groups in total. The number of urea groups is 1. The first-order chi connectivity index (χ1) is 17.9. The smallest absolute Gasteiger partial charge is 0.407 e. The minimum absolute atomic E-state index is 0.0156. The number of carbonyl (C=O) groups is 3. The molecular weight excluding hydrogens is 498 g/mol. The quantitative estimate of drug-likeness (QED) is 0.338. The highest BCUT2D eigenvalue weighted by Crippen LogP contribution is 2.20. The maximum atomic E-state index is 13.3. The second-order valence-electron chi connectivity index (χ2n) is 10.8. The van der Waals surface area contributed by atoms with Gasteiger partial charge in [0, 0.05) is 38.4 Å². The standard InChI is InChI=1S/C30H43N3O4S/c1-22(2)16-18-33(19-17-31-29(36)37-30(4,5)6)28(35)32-27(21-38-23(3)34)20-24-12-14-26(15-13-24)25-10-8-7-9-11-25/h7-15,22,27H,16-21H2,1-6H3,(H,31,36)(H,32,35)/t27-/m0/s1. The predicted molar refractivity (Wildman–Crippen MR) is 156 cm³/mol. The van der Waals surface area contributed by atoms with Crippen LogP contribution in [0.1, 0.15) is 53.5 Å². The summed E-state index contributed by atoms with van der Waals surface area (Å²) in [4.78, 5) is 38.8. The van der Waals surface area contributed by atoms with E-state index in [0.29, 0.717) is 31.2 Å². The van der Waals surface area contributed by atoms with Gasteiger partial charge in [0.25, 0.3) is 0 Å². The van der Waals surface area contributed by atoms with Crippen molar-refractivity contribution in [2.45, 2.75) is 66.0 Å². The van der Waals surface area contributed by atoms with Crippen LogP contribution in [0.3, 0.4) is 0 Å². The van der Waals surface area contributed by atoms with Crippen molar-refractivity contribution in [3.63, 3.8) is 0 Å². The number of thioether (sulfide) groups is 1. The van der Waals surface area contributed by atoms with Gasteiger partial charge < -0.3 is 20.3 Å². The topological polar surface area (TPSA) is 87.7 Å². The van der Waals surface area contributed by atoms with Gasteiger partial charge in [0.1, 0.15) is 5.60 Å². The van der Waals surface area contributed by atoms with Crippen LogP contribution in [0.25, 0.3) is 11.1 Å². The molecule has 1 atom stereocenters. The van der Waals surface area contributed by atoms with Gasteiger partial charge in [-0.25, -0.2) is 9.59 Å². The Morgan fingerprint density at radius 2 is 1.58 bits per heavy atom. The molecule has 0 aliphatic carbocycles. The molecule has 0 bridgehead atoms. The van der Waals surface area contributed by atoms with Crippen LogP contribution in [0.4, 0.5) is 9.59 Å². The number of alkyl carbamates (subject to hydrolysis) is 1. The molecule has 0 saturated carbocycles. The van der Waals surface area contributed by atoms with Gasteiger partial charge in [-0.1, -0.05) is 80.2 Å². The van der Waals surface area contributed by atoms with Crippen molar-refractivity contribution >= 4 is 29.0 Å². The number of carbonyl (C=O) groups excluding carboxylic acids is 3. The SMILES string of the molecule is CC(=O)SC[C@H](Cc1ccc(-c2ccccc2)cc1)NC(=O)N(CCNC(=O)OC(C)(C)C)CCC(C)C. The molecule has 0 unspecified atom stereocenters. The van der Waals surface area contributed by atoms with Crippen LogP contribution in [0, 0.1) is 5.92 Å². The van der Waals surface area contributed by atoms with Gasteiger partial charge >= 0.3 is 12.1 Å². The lowest BCUT2D eigenvalue weighted by molar-refractivity contribution is -0.109. The van der Waals surface area contributed by atoms with E-state index in [2.05, 4.69) is 60.9 Å². The summed E-state index contributed by atoms with van der Waals surface area (Å²) in [6.45, 7) is 12.4. The van der Waals surface area contributed by atoms with Gasteiger partial charge in [0.05, 0.1) is 0 Å². The molecule has 208 valence electrons. The first-order valence-electron chi connectivity index (χ1n) is 13.2. The fraction of sp³-hybridized carbons (Fsp3) is 0.500. The van der Waals surface area contributed by atoms with Gasteiger partial charge in [-0.2, -0.15) is 0 Å². The van der Waals surface area contributed by atoms with Crippen LogP contribution >= 0.6 is 11.8 Å². The molecule has 3 amide bonds. The summed E-state index contributed by atoms with van der Waals surface area (Å²) >= 11 is 1.21. The molecule has 38 heavy (non-hydrogen) atoms. The van der Waals surface area contributed by atoms with Crippen LogP contribution < -0.4 is 10.6 Å². The summed E-state index contributed by atoms with van der Waals surface area (Å²) < 4.78 is 5.30. The molecule has 0 spiro atoms. The minimum atomic E-state index is -0.584. The molecule has 0 heterocycles. The zero-order valence-electron chi connectivity index (χ0n) is 23.6. The van der Waals surface area contributed by atoms with Gasteiger partial charge in [0.2, 0.25) is 0 Å². The highest BCUT2D eigenvalue weighted by molar-refractivity contribution is 8.13. The van der Waals surface area contributed by atoms with E-state index in [0.717, 1.165) is 23.1 Å². The number of hydrogen-bond acceptors (Lipinski definition) is 5. The summed E-state index contributed by atoms with van der Waals surface area (Å²) in [5.74, 6) is 0.909. The highest BCUT2D eigenvalue weighted by Gasteiger charge is 2.21. The Morgan fingerprint density at radius 3 is 2.16 bits per heavy atom. The van der Waals surface area contributed by atoms with Crippen LogP contribution in [-0.2, 0) is 16.0 Å². The lowest BCUT2D eigenvalue weighted by atomic mass is 10.0. The van der Waals surface area contributed by atoms with Gasteiger partial charge in [-0.3, -0.25) is 4.79 Å². The molecule has 2 rings (SSSR count). The second kappa shape index (κ2) is 15.4. The number of nitrogens with zero attached hydrogens (tertiary/aromatic N) is 1. The van der Waals surface area contributed by atoms with E-state index in [9.17, 15) is 14.4 Å². The number of nitrogens with one attached hydrogen (secondary N) is 2. The van der Waals surface area contributed by atoms with Crippen molar-refractivity contribution in [2.75, 3.05) is 25.4 Å². The van der Waals surface area contributed by atoms with Crippen molar-refractivity contribution in [1.29, 1.82) is 0 Å². The minimum Gasteiger partial charge on any atom is -0.444 e. The third-order valence-electron chi connectivity index (χ3n) is 5.67. The van der Waals surface area contributed by atoms with E-state index in [-0.39, 0.29) is 23.7 Å². The van der Waals surface area contributed by atoms with Crippen LogP contribution in [-0.4, -0.2) is 59.2 Å². The van der Waals surface area contributed by atoms with Crippen LogP contribution in [0.15, 0.2) is 54.6 Å². The molecule has 0 aliphatic rings. The summed E-state index contributed by atoms with van der Waals surface area (Å²) in [5, 5.41) is 5.89. The van der Waals surface area contributed by atoms with Crippen molar-refractivity contribution in [3.8, 4) is 11.1 Å². The number of hydrogen-bond donors (Lipinski definition) is 2. The molecule has 0 aliphatic heterocycles. The van der Waals surface area contributed by atoms with E-state index in [1.807, 2.05) is 39.0 Å². The lowest BCUT2D eigenvalue weighted by Crippen LogP contribution is -2.49. The highest BCUT2D eigenvalue weighted by atomic mass is 32.2. The zero-order valence-corrected chi connectivity index (χ0v) is 24.4. The predicted octanol–water partition coefficient (Wildman–Crippen LogP) is 6.13. The average molecular weight is 542 g/mol. The normalized spacial score (nSPS) is 12.1.